The SMILES string of the molecule is CN(C)C1CCN(C(=O)N2CCC[C@H](C(=O)O)C2)C1. The highest BCUT2D eigenvalue weighted by Gasteiger charge is 2.34. The van der Waals surface area contributed by atoms with Gasteiger partial charge in [-0.05, 0) is 33.4 Å². The van der Waals surface area contributed by atoms with Gasteiger partial charge in [0.1, 0.15) is 0 Å². The number of carboxylic acids is 1. The Morgan fingerprint density at radius 3 is 2.37 bits per heavy atom. The highest BCUT2D eigenvalue weighted by molar-refractivity contribution is 5.77. The average molecular weight is 269 g/mol. The number of hydrogen-bond donors (Lipinski definition) is 1. The second-order valence-electron chi connectivity index (χ2n) is 5.76. The van der Waals surface area contributed by atoms with Gasteiger partial charge in [0, 0.05) is 32.2 Å². The number of likely N-dealkylation sites (N-methyl/N-ethyl adjacent to an activating group) is 1. The van der Waals surface area contributed by atoms with Gasteiger partial charge in [-0.1, -0.05) is 0 Å². The molecule has 108 valence electrons. The van der Waals surface area contributed by atoms with Gasteiger partial charge in [-0.15, -0.1) is 0 Å². The molecule has 0 aromatic carbocycles. The molecular weight excluding hydrogens is 246 g/mol. The summed E-state index contributed by atoms with van der Waals surface area (Å²) in [7, 11) is 4.06. The van der Waals surface area contributed by atoms with Crippen molar-refractivity contribution in [3.8, 4) is 0 Å². The number of carboxylic acid groups (broad SMARTS) is 1. The largest absolute Gasteiger partial charge is 0.481 e. The van der Waals surface area contributed by atoms with Crippen molar-refractivity contribution in [3.05, 3.63) is 0 Å². The summed E-state index contributed by atoms with van der Waals surface area (Å²) >= 11 is 0. The third kappa shape index (κ3) is 3.18. The van der Waals surface area contributed by atoms with E-state index in [4.69, 9.17) is 5.11 Å². The van der Waals surface area contributed by atoms with Crippen LogP contribution in [0.3, 0.4) is 0 Å². The number of rotatable bonds is 2. The van der Waals surface area contributed by atoms with Crippen LogP contribution in [0.1, 0.15) is 19.3 Å². The summed E-state index contributed by atoms with van der Waals surface area (Å²) in [6.45, 7) is 2.57. The van der Waals surface area contributed by atoms with Crippen LogP contribution in [0.2, 0.25) is 0 Å². The highest BCUT2D eigenvalue weighted by atomic mass is 16.4. The molecule has 2 aliphatic heterocycles. The molecule has 0 aromatic heterocycles. The molecule has 0 saturated carbocycles. The molecule has 2 amide bonds. The van der Waals surface area contributed by atoms with Crippen LogP contribution in [0.25, 0.3) is 0 Å². The third-order valence-corrected chi connectivity index (χ3v) is 4.21. The van der Waals surface area contributed by atoms with E-state index in [0.29, 0.717) is 25.6 Å². The number of likely N-dealkylation sites (tertiary alicyclic amines) is 2. The zero-order valence-corrected chi connectivity index (χ0v) is 11.7. The molecule has 6 heteroatoms. The third-order valence-electron chi connectivity index (χ3n) is 4.21. The zero-order valence-electron chi connectivity index (χ0n) is 11.7. The number of carbonyl (C=O) groups is 2. The van der Waals surface area contributed by atoms with Gasteiger partial charge in [0.15, 0.2) is 0 Å². The molecule has 0 radical (unpaired) electrons. The maximum absolute atomic E-state index is 12.4. The van der Waals surface area contributed by atoms with Crippen molar-refractivity contribution in [3.63, 3.8) is 0 Å². The molecule has 0 aliphatic carbocycles. The Morgan fingerprint density at radius 1 is 1.11 bits per heavy atom. The minimum Gasteiger partial charge on any atom is -0.481 e. The van der Waals surface area contributed by atoms with Gasteiger partial charge in [0.2, 0.25) is 0 Å². The normalized spacial score (nSPS) is 27.9. The van der Waals surface area contributed by atoms with E-state index in [-0.39, 0.29) is 6.03 Å². The molecule has 2 fully saturated rings. The fraction of sp³-hybridized carbons (Fsp3) is 0.846. The van der Waals surface area contributed by atoms with Gasteiger partial charge in [0.05, 0.1) is 5.92 Å². The van der Waals surface area contributed by atoms with Crippen molar-refractivity contribution in [2.24, 2.45) is 5.92 Å². The van der Waals surface area contributed by atoms with Crippen molar-refractivity contribution in [1.82, 2.24) is 14.7 Å². The lowest BCUT2D eigenvalue weighted by Crippen LogP contribution is -2.48. The monoisotopic (exact) mass is 269 g/mol. The van der Waals surface area contributed by atoms with Crippen LogP contribution < -0.4 is 0 Å². The van der Waals surface area contributed by atoms with E-state index in [1.54, 1.807) is 4.90 Å². The van der Waals surface area contributed by atoms with Crippen LogP contribution in [0.4, 0.5) is 4.79 Å². The number of amides is 2. The van der Waals surface area contributed by atoms with Gasteiger partial charge in [-0.25, -0.2) is 4.79 Å². The number of urea groups is 1. The maximum atomic E-state index is 12.4. The summed E-state index contributed by atoms with van der Waals surface area (Å²) in [6.07, 6.45) is 2.46. The van der Waals surface area contributed by atoms with Gasteiger partial charge in [-0.2, -0.15) is 0 Å². The van der Waals surface area contributed by atoms with E-state index in [9.17, 15) is 9.59 Å². The summed E-state index contributed by atoms with van der Waals surface area (Å²) in [5.41, 5.74) is 0. The summed E-state index contributed by atoms with van der Waals surface area (Å²) in [5, 5.41) is 9.06. The molecule has 2 rings (SSSR count). The molecule has 1 unspecified atom stereocenters. The number of piperidine rings is 1. The van der Waals surface area contributed by atoms with E-state index in [2.05, 4.69) is 4.90 Å². The fourth-order valence-corrected chi connectivity index (χ4v) is 2.89. The molecule has 0 bridgehead atoms. The highest BCUT2D eigenvalue weighted by Crippen LogP contribution is 2.20. The molecule has 0 spiro atoms. The predicted octanol–water partition coefficient (Wildman–Crippen LogP) is 0.539. The van der Waals surface area contributed by atoms with Crippen LogP contribution in [0.15, 0.2) is 0 Å². The molecule has 2 saturated heterocycles. The van der Waals surface area contributed by atoms with E-state index in [1.807, 2.05) is 19.0 Å². The lowest BCUT2D eigenvalue weighted by atomic mass is 9.99. The average Bonchev–Trinajstić information content (AvgIpc) is 2.87. The second-order valence-corrected chi connectivity index (χ2v) is 5.76. The van der Waals surface area contributed by atoms with Crippen LogP contribution in [0, 0.1) is 5.92 Å². The fourth-order valence-electron chi connectivity index (χ4n) is 2.89. The topological polar surface area (TPSA) is 64.1 Å². The Hall–Kier alpha value is -1.30. The van der Waals surface area contributed by atoms with E-state index < -0.39 is 11.9 Å². The molecule has 2 atom stereocenters. The molecule has 2 aliphatic rings. The summed E-state index contributed by atoms with van der Waals surface area (Å²) in [6, 6.07) is 0.430. The molecular formula is C13H23N3O3. The van der Waals surface area contributed by atoms with Crippen molar-refractivity contribution in [1.29, 1.82) is 0 Å². The number of aliphatic carboxylic acids is 1. The molecule has 6 nitrogen and oxygen atoms in total. The van der Waals surface area contributed by atoms with E-state index in [1.165, 1.54) is 0 Å². The van der Waals surface area contributed by atoms with Crippen molar-refractivity contribution in [2.45, 2.75) is 25.3 Å². The number of carbonyl (C=O) groups excluding carboxylic acids is 1. The lowest BCUT2D eigenvalue weighted by Gasteiger charge is -2.34. The Kier molecular flexibility index (Phi) is 4.29. The van der Waals surface area contributed by atoms with Gasteiger partial charge >= 0.3 is 12.0 Å². The first-order valence-corrected chi connectivity index (χ1v) is 6.92. The summed E-state index contributed by atoms with van der Waals surface area (Å²) in [5.74, 6) is -1.19. The van der Waals surface area contributed by atoms with Crippen molar-refractivity contribution in [2.75, 3.05) is 40.3 Å². The Morgan fingerprint density at radius 2 is 1.79 bits per heavy atom. The van der Waals surface area contributed by atoms with Crippen LogP contribution in [-0.4, -0.2) is 78.1 Å². The molecule has 0 aromatic rings. The van der Waals surface area contributed by atoms with Gasteiger partial charge < -0.3 is 19.8 Å². The Labute approximate surface area is 114 Å². The first-order chi connectivity index (χ1) is 8.99. The lowest BCUT2D eigenvalue weighted by molar-refractivity contribution is -0.143. The smallest absolute Gasteiger partial charge is 0.320 e. The quantitative estimate of drug-likeness (QED) is 0.794. The first kappa shape index (κ1) is 14.1. The van der Waals surface area contributed by atoms with Crippen LogP contribution in [0.5, 0.6) is 0 Å². The van der Waals surface area contributed by atoms with Gasteiger partial charge in [-0.3, -0.25) is 4.79 Å². The minimum absolute atomic E-state index is 0.00954. The Balaban J connectivity index is 1.91. The van der Waals surface area contributed by atoms with Crippen molar-refractivity contribution < 1.29 is 14.7 Å². The second kappa shape index (κ2) is 5.77. The molecule has 19 heavy (non-hydrogen) atoms. The van der Waals surface area contributed by atoms with Crippen LogP contribution in [-0.2, 0) is 4.79 Å². The number of hydrogen-bond acceptors (Lipinski definition) is 3. The summed E-state index contributed by atoms with van der Waals surface area (Å²) in [4.78, 5) is 29.1. The van der Waals surface area contributed by atoms with E-state index >= 15 is 0 Å². The van der Waals surface area contributed by atoms with Crippen molar-refractivity contribution >= 4 is 12.0 Å². The predicted molar refractivity (Wildman–Crippen MR) is 71.0 cm³/mol. The van der Waals surface area contributed by atoms with E-state index in [0.717, 1.165) is 25.9 Å². The first-order valence-electron chi connectivity index (χ1n) is 6.92. The standard InChI is InChI=1S/C13H23N3O3/c1-14(2)11-5-7-16(9-11)13(19)15-6-3-4-10(8-15)12(17)18/h10-11H,3-9H2,1-2H3,(H,17,18)/t10-,11?/m0/s1. The minimum atomic E-state index is -0.787. The van der Waals surface area contributed by atoms with Gasteiger partial charge in [0.25, 0.3) is 0 Å². The maximum Gasteiger partial charge on any atom is 0.320 e. The van der Waals surface area contributed by atoms with Crippen LogP contribution >= 0.6 is 0 Å². The Bertz CT molecular complexity index is 359. The molecule has 2 heterocycles. The summed E-state index contributed by atoms with van der Waals surface area (Å²) < 4.78 is 0. The molecule has 1 N–H and O–H groups in total. The number of nitrogens with zero attached hydrogens (tertiary/aromatic N) is 3. The zero-order chi connectivity index (χ0) is 14.0.